The third kappa shape index (κ3) is 61.9. The predicted molar refractivity (Wildman–Crippen MR) is 329 cm³/mol. The third-order valence-electron chi connectivity index (χ3n) is 16.7. The number of hydrogen-bond donors (Lipinski definition) is 3. The number of carbonyl (C=O) groups excluding carboxylic acids is 2. The highest BCUT2D eigenvalue weighted by atomic mass is 16.5. The molecule has 0 radical (unpaired) electrons. The lowest BCUT2D eigenvalue weighted by Crippen LogP contribution is -2.45. The number of rotatable bonds is 66. The first-order chi connectivity index (χ1) is 37.0. The fraction of sp³-hybridized carbons (Fsp3) is 0.971. The second-order valence-electron chi connectivity index (χ2n) is 24.2. The van der Waals surface area contributed by atoms with Crippen molar-refractivity contribution < 1.29 is 24.5 Å². The molecule has 0 aromatic carbocycles. The number of amides is 1. The number of aliphatic hydroxyl groups is 2. The molecule has 0 aromatic heterocycles. The van der Waals surface area contributed by atoms with Gasteiger partial charge >= 0.3 is 5.97 Å². The average Bonchev–Trinajstić information content (AvgIpc) is 3.41. The number of esters is 1. The molecule has 1 amide bonds. The predicted octanol–water partition coefficient (Wildman–Crippen LogP) is 22.2. The SMILES string of the molecule is CCCCCCCCCCCCCCCCCCCCCCCCCC(O)C(CO)NC(=O)CCCCCCCCCCCCCCCCCCCCCCCCCCOC(=O)CCCCCCCCCCCCC. The van der Waals surface area contributed by atoms with Gasteiger partial charge in [0, 0.05) is 12.8 Å². The Morgan fingerprint density at radius 3 is 0.813 bits per heavy atom. The lowest BCUT2D eigenvalue weighted by Gasteiger charge is -2.22. The molecule has 0 fully saturated rings. The van der Waals surface area contributed by atoms with E-state index in [0.29, 0.717) is 25.9 Å². The maximum atomic E-state index is 12.5. The maximum Gasteiger partial charge on any atom is 0.305 e. The van der Waals surface area contributed by atoms with Crippen molar-refractivity contribution in [3.63, 3.8) is 0 Å². The Labute approximate surface area is 470 Å². The van der Waals surface area contributed by atoms with Crippen molar-refractivity contribution in [2.45, 2.75) is 418 Å². The second kappa shape index (κ2) is 65.4. The van der Waals surface area contributed by atoms with E-state index in [9.17, 15) is 19.8 Å². The quantitative estimate of drug-likeness (QED) is 0.0417. The molecular weight excluding hydrogens is 923 g/mol. The molecule has 448 valence electrons. The zero-order chi connectivity index (χ0) is 54.3. The van der Waals surface area contributed by atoms with Crippen LogP contribution in [-0.4, -0.2) is 47.4 Å². The minimum atomic E-state index is -0.664. The van der Waals surface area contributed by atoms with Gasteiger partial charge in [-0.15, -0.1) is 0 Å². The zero-order valence-corrected chi connectivity index (χ0v) is 51.3. The number of aliphatic hydroxyl groups excluding tert-OH is 2. The topological polar surface area (TPSA) is 95.9 Å². The average molecular weight is 1060 g/mol. The van der Waals surface area contributed by atoms with Gasteiger partial charge in [-0.2, -0.15) is 0 Å². The smallest absolute Gasteiger partial charge is 0.305 e. The lowest BCUT2D eigenvalue weighted by atomic mass is 10.0. The van der Waals surface area contributed by atoms with Gasteiger partial charge in [0.25, 0.3) is 0 Å². The van der Waals surface area contributed by atoms with E-state index in [1.807, 2.05) is 0 Å². The van der Waals surface area contributed by atoms with Crippen LogP contribution in [0.3, 0.4) is 0 Å². The molecule has 0 spiro atoms. The summed E-state index contributed by atoms with van der Waals surface area (Å²) in [6.45, 7) is 5.00. The molecule has 6 heteroatoms. The number of carbonyl (C=O) groups is 2. The molecule has 2 unspecified atom stereocenters. The van der Waals surface area contributed by atoms with Crippen molar-refractivity contribution in [2.24, 2.45) is 0 Å². The van der Waals surface area contributed by atoms with E-state index in [-0.39, 0.29) is 18.5 Å². The molecule has 0 bridgehead atoms. The summed E-state index contributed by atoms with van der Waals surface area (Å²) in [5, 5.41) is 23.4. The van der Waals surface area contributed by atoms with Crippen molar-refractivity contribution in [3.8, 4) is 0 Å². The van der Waals surface area contributed by atoms with Gasteiger partial charge < -0.3 is 20.3 Å². The summed E-state index contributed by atoms with van der Waals surface area (Å²) in [7, 11) is 0. The van der Waals surface area contributed by atoms with Crippen molar-refractivity contribution in [1.82, 2.24) is 5.32 Å². The summed E-state index contributed by atoms with van der Waals surface area (Å²) < 4.78 is 5.47. The Morgan fingerprint density at radius 2 is 0.547 bits per heavy atom. The minimum absolute atomic E-state index is 0.0165. The number of ether oxygens (including phenoxy) is 1. The fourth-order valence-electron chi connectivity index (χ4n) is 11.4. The van der Waals surface area contributed by atoms with E-state index in [1.165, 1.54) is 334 Å². The number of unbranched alkanes of at least 4 members (excludes halogenated alkanes) is 55. The zero-order valence-electron chi connectivity index (χ0n) is 51.3. The molecule has 2 atom stereocenters. The highest BCUT2D eigenvalue weighted by molar-refractivity contribution is 5.76. The molecule has 0 rings (SSSR count). The molecule has 0 aromatic rings. The first kappa shape index (κ1) is 73.9. The molecule has 0 saturated carbocycles. The van der Waals surface area contributed by atoms with Gasteiger partial charge in [0.1, 0.15) is 0 Å². The highest BCUT2D eigenvalue weighted by Gasteiger charge is 2.20. The molecule has 0 saturated heterocycles. The first-order valence-electron chi connectivity index (χ1n) is 34.8. The van der Waals surface area contributed by atoms with Gasteiger partial charge in [0.15, 0.2) is 0 Å². The standard InChI is InChI=1S/C69H137NO5/c1-3-5-7-9-11-13-15-16-17-18-19-20-23-26-29-32-35-38-42-45-49-53-57-61-67(72)66(65-71)70-68(73)62-58-54-50-46-43-39-36-33-30-27-24-21-22-25-28-31-34-37-40-44-48-52-56-60-64-75-69(74)63-59-55-51-47-41-14-12-10-8-6-4-2/h66-67,71-72H,3-65H2,1-2H3,(H,70,73). The molecule has 3 N–H and O–H groups in total. The van der Waals surface area contributed by atoms with Crippen LogP contribution in [0.2, 0.25) is 0 Å². The van der Waals surface area contributed by atoms with Gasteiger partial charge in [-0.25, -0.2) is 0 Å². The van der Waals surface area contributed by atoms with Crippen LogP contribution >= 0.6 is 0 Å². The first-order valence-corrected chi connectivity index (χ1v) is 34.8. The maximum absolute atomic E-state index is 12.5. The summed E-state index contributed by atoms with van der Waals surface area (Å²) in [6, 6.07) is -0.540. The van der Waals surface area contributed by atoms with Crippen LogP contribution in [0.4, 0.5) is 0 Å². The van der Waals surface area contributed by atoms with Crippen molar-refractivity contribution in [1.29, 1.82) is 0 Å². The van der Waals surface area contributed by atoms with Crippen molar-refractivity contribution >= 4 is 11.9 Å². The monoisotopic (exact) mass is 1060 g/mol. The molecule has 75 heavy (non-hydrogen) atoms. The molecule has 0 heterocycles. The molecular formula is C69H137NO5. The van der Waals surface area contributed by atoms with Crippen LogP contribution in [0.1, 0.15) is 406 Å². The Bertz CT molecular complexity index is 1080. The van der Waals surface area contributed by atoms with Crippen LogP contribution in [0.5, 0.6) is 0 Å². The van der Waals surface area contributed by atoms with Gasteiger partial charge in [0.2, 0.25) is 5.91 Å². The Hall–Kier alpha value is -1.14. The summed E-state index contributed by atoms with van der Waals surface area (Å²) in [5.41, 5.74) is 0. The lowest BCUT2D eigenvalue weighted by molar-refractivity contribution is -0.143. The van der Waals surface area contributed by atoms with Crippen molar-refractivity contribution in [3.05, 3.63) is 0 Å². The highest BCUT2D eigenvalue weighted by Crippen LogP contribution is 2.19. The minimum Gasteiger partial charge on any atom is -0.466 e. The van der Waals surface area contributed by atoms with Gasteiger partial charge in [0.05, 0.1) is 25.4 Å². The Balaban J connectivity index is 3.36. The van der Waals surface area contributed by atoms with E-state index in [4.69, 9.17) is 4.74 Å². The van der Waals surface area contributed by atoms with E-state index in [2.05, 4.69) is 19.2 Å². The van der Waals surface area contributed by atoms with Crippen LogP contribution in [-0.2, 0) is 14.3 Å². The van der Waals surface area contributed by atoms with E-state index in [1.54, 1.807) is 0 Å². The van der Waals surface area contributed by atoms with Crippen LogP contribution in [0.25, 0.3) is 0 Å². The fourth-order valence-corrected chi connectivity index (χ4v) is 11.4. The molecule has 0 aliphatic heterocycles. The van der Waals surface area contributed by atoms with Gasteiger partial charge in [-0.3, -0.25) is 9.59 Å². The Morgan fingerprint density at radius 1 is 0.320 bits per heavy atom. The van der Waals surface area contributed by atoms with Crippen LogP contribution in [0.15, 0.2) is 0 Å². The van der Waals surface area contributed by atoms with E-state index in [0.717, 1.165) is 38.5 Å². The van der Waals surface area contributed by atoms with Crippen LogP contribution < -0.4 is 5.32 Å². The Kier molecular flexibility index (Phi) is 64.4. The van der Waals surface area contributed by atoms with Crippen LogP contribution in [0, 0.1) is 0 Å². The summed E-state index contributed by atoms with van der Waals surface area (Å²) in [6.07, 6.45) is 78.6. The number of hydrogen-bond acceptors (Lipinski definition) is 5. The normalized spacial score (nSPS) is 12.4. The second-order valence-corrected chi connectivity index (χ2v) is 24.2. The summed E-state index contributed by atoms with van der Waals surface area (Å²) in [4.78, 5) is 24.6. The largest absolute Gasteiger partial charge is 0.466 e. The molecule has 0 aliphatic rings. The number of nitrogens with one attached hydrogen (secondary N) is 1. The van der Waals surface area contributed by atoms with Gasteiger partial charge in [-0.05, 0) is 25.7 Å². The van der Waals surface area contributed by atoms with E-state index >= 15 is 0 Å². The van der Waals surface area contributed by atoms with Gasteiger partial charge in [-0.1, -0.05) is 367 Å². The molecule has 0 aliphatic carbocycles. The molecule has 6 nitrogen and oxygen atoms in total. The van der Waals surface area contributed by atoms with Crippen molar-refractivity contribution in [2.75, 3.05) is 13.2 Å². The third-order valence-corrected chi connectivity index (χ3v) is 16.7. The summed E-state index contributed by atoms with van der Waals surface area (Å²) >= 11 is 0. The summed E-state index contributed by atoms with van der Waals surface area (Å²) in [5.74, 6) is -0.0116. The van der Waals surface area contributed by atoms with E-state index < -0.39 is 12.1 Å².